The largest absolute Gasteiger partial charge is 0.371 e. The van der Waals surface area contributed by atoms with Crippen LogP contribution in [0.15, 0.2) is 21.8 Å². The van der Waals surface area contributed by atoms with Gasteiger partial charge < -0.3 is 4.74 Å². The highest BCUT2D eigenvalue weighted by molar-refractivity contribution is 7.90. The van der Waals surface area contributed by atoms with Crippen molar-refractivity contribution < 1.29 is 26.7 Å². The highest BCUT2D eigenvalue weighted by atomic mass is 35.5. The molecule has 148 valence electrons. The Morgan fingerprint density at radius 2 is 2.00 bits per heavy atom. The van der Waals surface area contributed by atoms with Crippen LogP contribution < -0.4 is 5.56 Å². The lowest BCUT2D eigenvalue weighted by Crippen LogP contribution is -2.20. The molecule has 0 atom stereocenters. The molecule has 0 bridgehead atoms. The Bertz CT molecular complexity index is 1040. The van der Waals surface area contributed by atoms with Crippen molar-refractivity contribution in [1.82, 2.24) is 9.78 Å². The van der Waals surface area contributed by atoms with Gasteiger partial charge in [0.25, 0.3) is 12.0 Å². The average Bonchev–Trinajstić information content (AvgIpc) is 2.79. The number of sulfone groups is 1. The number of hydrogen-bond donors (Lipinski definition) is 1. The molecule has 1 aromatic carbocycles. The maximum Gasteiger partial charge on any atom is 0.277 e. The van der Waals surface area contributed by atoms with Gasteiger partial charge in [-0.3, -0.25) is 19.4 Å². The quantitative estimate of drug-likeness (QED) is 0.689. The van der Waals surface area contributed by atoms with Gasteiger partial charge in [-0.25, -0.2) is 17.2 Å². The average molecular weight is 423 g/mol. The van der Waals surface area contributed by atoms with Crippen molar-refractivity contribution in [2.45, 2.75) is 24.9 Å². The van der Waals surface area contributed by atoms with E-state index in [1.54, 1.807) is 0 Å². The van der Waals surface area contributed by atoms with E-state index in [9.17, 15) is 26.8 Å². The fourth-order valence-electron chi connectivity index (χ4n) is 2.60. The van der Waals surface area contributed by atoms with Crippen molar-refractivity contribution in [2.75, 3.05) is 12.9 Å². The van der Waals surface area contributed by atoms with E-state index in [0.717, 1.165) is 17.0 Å². The smallest absolute Gasteiger partial charge is 0.277 e. The van der Waals surface area contributed by atoms with E-state index in [0.29, 0.717) is 5.69 Å². The topological polar surface area (TPSA) is 98.2 Å². The normalized spacial score (nSPS) is 12.0. The number of ketones is 1. The minimum Gasteiger partial charge on any atom is -0.371 e. The molecule has 7 nitrogen and oxygen atoms in total. The van der Waals surface area contributed by atoms with Gasteiger partial charge >= 0.3 is 0 Å². The van der Waals surface area contributed by atoms with E-state index in [4.69, 9.17) is 16.3 Å². The Balaban J connectivity index is 2.58. The molecule has 2 aromatic rings. The number of nitrogens with one attached hydrogen (secondary N) is 1. The number of rotatable bonds is 7. The molecule has 0 fully saturated rings. The number of halogens is 3. The molecule has 1 aromatic heterocycles. The van der Waals surface area contributed by atoms with Gasteiger partial charge in [-0.2, -0.15) is 0 Å². The minimum atomic E-state index is -3.76. The van der Waals surface area contributed by atoms with Gasteiger partial charge in [-0.1, -0.05) is 11.6 Å². The second-order valence-electron chi connectivity index (χ2n) is 5.89. The van der Waals surface area contributed by atoms with Crippen LogP contribution >= 0.6 is 11.6 Å². The van der Waals surface area contributed by atoms with Gasteiger partial charge in [0.05, 0.1) is 16.5 Å². The number of nitrogens with zero attached hydrogens (tertiary/aromatic N) is 1. The summed E-state index contributed by atoms with van der Waals surface area (Å²) in [7, 11) is -2.33. The standard InChI is InChI=1S/C16H17ClF2N2O5S/c1-8-13(16(23)21(2)20-8)15(22)9-4-5-11(27(3,24)25)10(14(9)17)6-26-7-12(18)19/h4-5,12,20H,6-7H2,1-3H3. The Labute approximate surface area is 158 Å². The van der Waals surface area contributed by atoms with Crippen LogP contribution in [0, 0.1) is 6.92 Å². The first-order valence-electron chi connectivity index (χ1n) is 7.62. The van der Waals surface area contributed by atoms with Crippen LogP contribution in [-0.2, 0) is 28.2 Å². The summed E-state index contributed by atoms with van der Waals surface area (Å²) in [5.74, 6) is -0.713. The lowest BCUT2D eigenvalue weighted by atomic mass is 10.0. The third-order valence-electron chi connectivity index (χ3n) is 3.79. The number of hydrogen-bond acceptors (Lipinski definition) is 5. The maximum absolute atomic E-state index is 12.8. The predicted octanol–water partition coefficient (Wildman–Crippen LogP) is 2.09. The number of H-pyrrole nitrogens is 1. The molecule has 0 radical (unpaired) electrons. The molecular weight excluding hydrogens is 406 g/mol. The van der Waals surface area contributed by atoms with Crippen molar-refractivity contribution in [1.29, 1.82) is 0 Å². The monoisotopic (exact) mass is 422 g/mol. The SMILES string of the molecule is Cc1[nH]n(C)c(=O)c1C(=O)c1ccc(S(C)(=O)=O)c(COCC(F)F)c1Cl. The summed E-state index contributed by atoms with van der Waals surface area (Å²) in [6, 6.07) is 2.32. The molecule has 0 aliphatic rings. The lowest BCUT2D eigenvalue weighted by Gasteiger charge is -2.14. The summed E-state index contributed by atoms with van der Waals surface area (Å²) in [6.45, 7) is 0.0755. The third-order valence-corrected chi connectivity index (χ3v) is 5.40. The molecule has 11 heteroatoms. The van der Waals surface area contributed by atoms with Crippen molar-refractivity contribution in [3.8, 4) is 0 Å². The van der Waals surface area contributed by atoms with Gasteiger partial charge in [-0.15, -0.1) is 0 Å². The zero-order chi connectivity index (χ0) is 20.5. The maximum atomic E-state index is 12.8. The number of ether oxygens (including phenoxy) is 1. The van der Waals surface area contributed by atoms with E-state index in [1.165, 1.54) is 20.0 Å². The number of alkyl halides is 2. The Morgan fingerprint density at radius 3 is 2.48 bits per heavy atom. The molecule has 0 aliphatic heterocycles. The highest BCUT2D eigenvalue weighted by Gasteiger charge is 2.26. The number of benzene rings is 1. The van der Waals surface area contributed by atoms with Gasteiger partial charge in [0.15, 0.2) is 9.84 Å². The molecule has 27 heavy (non-hydrogen) atoms. The molecule has 0 saturated heterocycles. The zero-order valence-electron chi connectivity index (χ0n) is 14.7. The third kappa shape index (κ3) is 4.45. The van der Waals surface area contributed by atoms with Crippen molar-refractivity contribution in [3.63, 3.8) is 0 Å². The fraction of sp³-hybridized carbons (Fsp3) is 0.375. The summed E-state index contributed by atoms with van der Waals surface area (Å²) in [5.41, 5.74) is -0.649. The summed E-state index contributed by atoms with van der Waals surface area (Å²) >= 11 is 6.22. The second kappa shape index (κ2) is 7.91. The number of aryl methyl sites for hydroxylation is 2. The molecule has 0 spiro atoms. The van der Waals surface area contributed by atoms with Crippen molar-refractivity contribution in [3.05, 3.63) is 49.9 Å². The summed E-state index contributed by atoms with van der Waals surface area (Å²) in [4.78, 5) is 24.7. The number of aromatic nitrogens is 2. The second-order valence-corrected chi connectivity index (χ2v) is 8.25. The molecule has 0 aliphatic carbocycles. The fourth-order valence-corrected chi connectivity index (χ4v) is 3.88. The highest BCUT2D eigenvalue weighted by Crippen LogP contribution is 2.30. The van der Waals surface area contributed by atoms with Gasteiger partial charge in [0, 0.05) is 30.1 Å². The molecule has 2 rings (SSSR count). The molecule has 1 heterocycles. The number of carbonyl (C=O) groups is 1. The Kier molecular flexibility index (Phi) is 6.23. The first-order valence-corrected chi connectivity index (χ1v) is 9.89. The van der Waals surface area contributed by atoms with E-state index in [1.807, 2.05) is 0 Å². The van der Waals surface area contributed by atoms with Crippen LogP contribution in [-0.4, -0.2) is 43.3 Å². The van der Waals surface area contributed by atoms with E-state index < -0.39 is 40.8 Å². The predicted molar refractivity (Wildman–Crippen MR) is 94.4 cm³/mol. The molecular formula is C16H17ClF2N2O5S. The molecule has 1 N–H and O–H groups in total. The van der Waals surface area contributed by atoms with Crippen LogP contribution in [0.2, 0.25) is 5.02 Å². The molecule has 0 amide bonds. The van der Waals surface area contributed by atoms with E-state index in [-0.39, 0.29) is 26.6 Å². The van der Waals surface area contributed by atoms with Gasteiger partial charge in [0.2, 0.25) is 5.78 Å². The molecule has 0 saturated carbocycles. The number of aromatic amines is 1. The van der Waals surface area contributed by atoms with Gasteiger partial charge in [-0.05, 0) is 19.1 Å². The van der Waals surface area contributed by atoms with E-state index >= 15 is 0 Å². The molecule has 0 unspecified atom stereocenters. The van der Waals surface area contributed by atoms with Crippen LogP contribution in [0.5, 0.6) is 0 Å². The van der Waals surface area contributed by atoms with E-state index in [2.05, 4.69) is 5.10 Å². The summed E-state index contributed by atoms with van der Waals surface area (Å²) < 4.78 is 54.5. The van der Waals surface area contributed by atoms with Crippen LogP contribution in [0.3, 0.4) is 0 Å². The van der Waals surface area contributed by atoms with Crippen molar-refractivity contribution >= 4 is 27.2 Å². The van der Waals surface area contributed by atoms with Crippen LogP contribution in [0.1, 0.15) is 27.2 Å². The number of carbonyl (C=O) groups excluding carboxylic acids is 1. The minimum absolute atomic E-state index is 0.115. The summed E-state index contributed by atoms with van der Waals surface area (Å²) in [5, 5.41) is 2.42. The van der Waals surface area contributed by atoms with Gasteiger partial charge in [0.1, 0.15) is 12.2 Å². The Hall–Kier alpha value is -2.04. The van der Waals surface area contributed by atoms with Crippen LogP contribution in [0.4, 0.5) is 8.78 Å². The lowest BCUT2D eigenvalue weighted by molar-refractivity contribution is 0.00922. The van der Waals surface area contributed by atoms with Crippen molar-refractivity contribution in [2.24, 2.45) is 7.05 Å². The first kappa shape index (κ1) is 21.3. The summed E-state index contributed by atoms with van der Waals surface area (Å²) in [6.07, 6.45) is -1.83. The van der Waals surface area contributed by atoms with Crippen LogP contribution in [0.25, 0.3) is 0 Å². The Morgan fingerprint density at radius 1 is 1.37 bits per heavy atom. The first-order chi connectivity index (χ1) is 12.4. The zero-order valence-corrected chi connectivity index (χ0v) is 16.2.